The third-order valence-electron chi connectivity index (χ3n) is 2.60. The Labute approximate surface area is 162 Å². The summed E-state index contributed by atoms with van der Waals surface area (Å²) in [5, 5.41) is 7.97. The van der Waals surface area contributed by atoms with Gasteiger partial charge in [0.25, 0.3) is 0 Å². The number of hydrogen-bond donors (Lipinski definition) is 0. The summed E-state index contributed by atoms with van der Waals surface area (Å²) < 4.78 is 10.6. The van der Waals surface area contributed by atoms with Crippen molar-refractivity contribution in [3.63, 3.8) is 0 Å². The van der Waals surface area contributed by atoms with E-state index in [1.165, 1.54) is 6.07 Å². The molecule has 1 aromatic rings. The molecule has 0 radical (unpaired) electrons. The van der Waals surface area contributed by atoms with E-state index in [2.05, 4.69) is 41.3 Å². The molecule has 0 saturated heterocycles. The van der Waals surface area contributed by atoms with E-state index < -0.39 is 31.5 Å². The van der Waals surface area contributed by atoms with Crippen LogP contribution >= 0.6 is 0 Å². The molecule has 27 heavy (non-hydrogen) atoms. The van der Waals surface area contributed by atoms with Crippen molar-refractivity contribution in [3.05, 3.63) is 17.8 Å². The summed E-state index contributed by atoms with van der Waals surface area (Å²) in [5.74, 6) is 2.98. The summed E-state index contributed by atoms with van der Waals surface area (Å²) in [7, 11) is -1.55. The lowest BCUT2D eigenvalue weighted by Crippen LogP contribution is -2.44. The van der Waals surface area contributed by atoms with Crippen LogP contribution in [0, 0.1) is 11.5 Å². The van der Waals surface area contributed by atoms with E-state index in [9.17, 15) is 9.59 Å². The molecule has 2 amide bonds. The number of hydrogen-bond acceptors (Lipinski definition) is 6. The first-order chi connectivity index (χ1) is 12.1. The van der Waals surface area contributed by atoms with Gasteiger partial charge in [0.05, 0.1) is 0 Å². The highest BCUT2D eigenvalue weighted by molar-refractivity contribution is 6.83. The molecule has 1 aromatic heterocycles. The monoisotopic (exact) mass is 391 g/mol. The molecule has 0 aliphatic carbocycles. The first-order valence-corrected chi connectivity index (χ1v) is 12.2. The van der Waals surface area contributed by atoms with Crippen molar-refractivity contribution in [2.45, 2.75) is 72.4 Å². The summed E-state index contributed by atoms with van der Waals surface area (Å²) in [4.78, 5) is 25.8. The molecule has 0 N–H and O–H groups in total. The van der Waals surface area contributed by atoms with E-state index in [0.29, 0.717) is 5.69 Å². The van der Waals surface area contributed by atoms with Crippen LogP contribution in [0.25, 0.3) is 0 Å². The summed E-state index contributed by atoms with van der Waals surface area (Å²) in [6.07, 6.45) is -1.76. The summed E-state index contributed by atoms with van der Waals surface area (Å²) in [6.45, 7) is 16.6. The highest BCUT2D eigenvalue weighted by Gasteiger charge is 2.33. The van der Waals surface area contributed by atoms with Gasteiger partial charge in [-0.2, -0.15) is 4.90 Å². The van der Waals surface area contributed by atoms with Crippen LogP contribution < -0.4 is 4.90 Å². The van der Waals surface area contributed by atoms with Crippen molar-refractivity contribution in [1.29, 1.82) is 0 Å². The quantitative estimate of drug-likeness (QED) is 0.522. The number of aromatic nitrogens is 2. The molecule has 1 rings (SSSR count). The van der Waals surface area contributed by atoms with E-state index in [0.717, 1.165) is 4.90 Å². The Balaban J connectivity index is 3.20. The molecular weight excluding hydrogens is 362 g/mol. The topological polar surface area (TPSA) is 81.6 Å². The van der Waals surface area contributed by atoms with Crippen molar-refractivity contribution in [2.24, 2.45) is 0 Å². The van der Waals surface area contributed by atoms with Crippen LogP contribution in [0.2, 0.25) is 19.6 Å². The lowest BCUT2D eigenvalue weighted by molar-refractivity contribution is 0.0428. The summed E-state index contributed by atoms with van der Waals surface area (Å²) >= 11 is 0. The molecule has 0 unspecified atom stereocenters. The molecule has 0 aliphatic rings. The van der Waals surface area contributed by atoms with Gasteiger partial charge in [0.15, 0.2) is 5.82 Å². The second-order valence-corrected chi connectivity index (χ2v) is 13.8. The SMILES string of the molecule is CC(C)(C)OC(=O)N(C(=O)OC(C)(C)C)c1ccc(C#C[Si](C)(C)C)nn1. The lowest BCUT2D eigenvalue weighted by atomic mass is 10.2. The lowest BCUT2D eigenvalue weighted by Gasteiger charge is -2.27. The number of amides is 2. The molecule has 0 saturated carbocycles. The molecule has 0 bridgehead atoms. The molecule has 0 aliphatic heterocycles. The number of carbonyl (C=O) groups excluding carboxylic acids is 2. The van der Waals surface area contributed by atoms with Crippen molar-refractivity contribution >= 4 is 26.1 Å². The third kappa shape index (κ3) is 8.69. The van der Waals surface area contributed by atoms with Crippen LogP contribution in [0.3, 0.4) is 0 Å². The molecule has 0 aromatic carbocycles. The first-order valence-electron chi connectivity index (χ1n) is 8.70. The maximum Gasteiger partial charge on any atom is 0.425 e. The van der Waals surface area contributed by atoms with Gasteiger partial charge >= 0.3 is 12.2 Å². The van der Waals surface area contributed by atoms with E-state index in [1.54, 1.807) is 47.6 Å². The number of carbonyl (C=O) groups is 2. The zero-order valence-corrected chi connectivity index (χ0v) is 18.6. The molecule has 0 spiro atoms. The van der Waals surface area contributed by atoms with Crippen LogP contribution in [-0.4, -0.2) is 41.7 Å². The third-order valence-corrected chi connectivity index (χ3v) is 3.47. The van der Waals surface area contributed by atoms with Gasteiger partial charge < -0.3 is 9.47 Å². The van der Waals surface area contributed by atoms with Gasteiger partial charge in [-0.1, -0.05) is 25.6 Å². The van der Waals surface area contributed by atoms with E-state index in [-0.39, 0.29) is 5.82 Å². The van der Waals surface area contributed by atoms with Crippen molar-refractivity contribution in [2.75, 3.05) is 4.90 Å². The van der Waals surface area contributed by atoms with Crippen molar-refractivity contribution in [3.8, 4) is 11.5 Å². The zero-order valence-electron chi connectivity index (χ0n) is 17.6. The largest absolute Gasteiger partial charge is 0.443 e. The van der Waals surface area contributed by atoms with Gasteiger partial charge in [0.2, 0.25) is 0 Å². The Bertz CT molecular complexity index is 717. The molecule has 8 heteroatoms. The molecule has 0 atom stereocenters. The fraction of sp³-hybridized carbons (Fsp3) is 0.579. The number of anilines is 1. The highest BCUT2D eigenvalue weighted by Crippen LogP contribution is 2.19. The minimum absolute atomic E-state index is 0.0112. The van der Waals surface area contributed by atoms with Crippen molar-refractivity contribution < 1.29 is 19.1 Å². The fourth-order valence-corrected chi connectivity index (χ4v) is 2.14. The molecule has 7 nitrogen and oxygen atoms in total. The number of nitrogens with zero attached hydrogens (tertiary/aromatic N) is 3. The predicted octanol–water partition coefficient (Wildman–Crippen LogP) is 4.38. The Morgan fingerprint density at radius 3 is 1.74 bits per heavy atom. The summed E-state index contributed by atoms with van der Waals surface area (Å²) in [5.41, 5.74) is 2.08. The average Bonchev–Trinajstić information content (AvgIpc) is 2.41. The maximum absolute atomic E-state index is 12.5. The molecular formula is C19H29N3O4Si. The van der Waals surface area contributed by atoms with Crippen LogP contribution in [0.15, 0.2) is 12.1 Å². The minimum Gasteiger partial charge on any atom is -0.443 e. The predicted molar refractivity (Wildman–Crippen MR) is 107 cm³/mol. The van der Waals surface area contributed by atoms with Gasteiger partial charge in [-0.15, -0.1) is 15.7 Å². The standard InChI is InChI=1S/C19H29N3O4Si/c1-18(2,3)25-16(23)22(17(24)26-19(4,5)6)15-11-10-14(20-21-15)12-13-27(7,8)9/h10-11H,1-9H3. The zero-order chi connectivity index (χ0) is 21.0. The first kappa shape index (κ1) is 22.6. The fourth-order valence-electron chi connectivity index (χ4n) is 1.64. The molecule has 0 fully saturated rings. The number of ether oxygens (including phenoxy) is 2. The Kier molecular flexibility index (Phi) is 6.78. The Morgan fingerprint density at radius 1 is 0.926 bits per heavy atom. The molecule has 148 valence electrons. The smallest absolute Gasteiger partial charge is 0.425 e. The number of imide groups is 1. The van der Waals surface area contributed by atoms with Crippen LogP contribution in [0.4, 0.5) is 15.4 Å². The van der Waals surface area contributed by atoms with Gasteiger partial charge in [-0.25, -0.2) is 9.59 Å². The summed E-state index contributed by atoms with van der Waals surface area (Å²) in [6, 6.07) is 3.10. The normalized spacial score (nSPS) is 11.9. The van der Waals surface area contributed by atoms with Crippen LogP contribution in [-0.2, 0) is 9.47 Å². The van der Waals surface area contributed by atoms with Gasteiger partial charge in [0, 0.05) is 0 Å². The Hall–Kier alpha value is -2.40. The average molecular weight is 392 g/mol. The van der Waals surface area contributed by atoms with E-state index >= 15 is 0 Å². The Morgan fingerprint density at radius 2 is 1.41 bits per heavy atom. The van der Waals surface area contributed by atoms with E-state index in [4.69, 9.17) is 9.47 Å². The van der Waals surface area contributed by atoms with Crippen LogP contribution in [0.5, 0.6) is 0 Å². The van der Waals surface area contributed by atoms with Gasteiger partial charge in [-0.05, 0) is 53.7 Å². The highest BCUT2D eigenvalue weighted by atomic mass is 28.3. The molecule has 1 heterocycles. The number of rotatable bonds is 1. The second kappa shape index (κ2) is 8.09. The van der Waals surface area contributed by atoms with Crippen LogP contribution in [0.1, 0.15) is 47.2 Å². The minimum atomic E-state index is -1.55. The van der Waals surface area contributed by atoms with E-state index in [1.807, 2.05) is 0 Å². The second-order valence-electron chi connectivity index (χ2n) is 9.07. The van der Waals surface area contributed by atoms with Gasteiger partial charge in [-0.3, -0.25) is 0 Å². The van der Waals surface area contributed by atoms with Crippen molar-refractivity contribution in [1.82, 2.24) is 10.2 Å². The van der Waals surface area contributed by atoms with Gasteiger partial charge in [0.1, 0.15) is 25.0 Å². The maximum atomic E-state index is 12.5.